The highest BCUT2D eigenvalue weighted by molar-refractivity contribution is 7.14. The van der Waals surface area contributed by atoms with E-state index in [-0.39, 0.29) is 53.8 Å². The molecule has 1 saturated heterocycles. The van der Waals surface area contributed by atoms with Crippen molar-refractivity contribution in [2.45, 2.75) is 102 Å². The molecule has 10 unspecified atom stereocenters. The largest absolute Gasteiger partial charge is 0.394 e. The van der Waals surface area contributed by atoms with Crippen LogP contribution in [0.4, 0.5) is 0 Å². The topological polar surface area (TPSA) is 110 Å². The number of allylic oxidation sites excluding steroid dienone is 4. The first kappa shape index (κ1) is 31.2. The van der Waals surface area contributed by atoms with Crippen molar-refractivity contribution in [3.8, 4) is 0 Å². The summed E-state index contributed by atoms with van der Waals surface area (Å²) in [5.41, 5.74) is -1.44. The van der Waals surface area contributed by atoms with Crippen LogP contribution < -0.4 is 0 Å². The molecule has 0 radical (unpaired) electrons. The van der Waals surface area contributed by atoms with Crippen LogP contribution in [0, 0.1) is 40.4 Å². The van der Waals surface area contributed by atoms with Gasteiger partial charge in [0, 0.05) is 52.9 Å². The second kappa shape index (κ2) is 10.8. The number of ether oxygens (including phenoxy) is 1. The summed E-state index contributed by atoms with van der Waals surface area (Å²) in [5.74, 6) is 0.461. The second-order valence-electron chi connectivity index (χ2n) is 15.7. The number of carbonyl (C=O) groups excluding carboxylic acids is 1. The number of carbonyl (C=O) groups is 1. The van der Waals surface area contributed by atoms with E-state index in [1.54, 1.807) is 11.3 Å². The molecule has 8 heteroatoms. The normalized spacial score (nSPS) is 44.8. The summed E-state index contributed by atoms with van der Waals surface area (Å²) >= 11 is 1.56. The Morgan fingerprint density at radius 3 is 2.55 bits per heavy atom. The molecule has 7 nitrogen and oxygen atoms in total. The maximum Gasteiger partial charge on any atom is 0.199 e. The fourth-order valence-corrected chi connectivity index (χ4v) is 12.1. The van der Waals surface area contributed by atoms with Crippen molar-refractivity contribution in [3.05, 3.63) is 45.7 Å². The third-order valence-electron chi connectivity index (χ3n) is 13.6. The molecule has 242 valence electrons. The zero-order chi connectivity index (χ0) is 31.1. The van der Waals surface area contributed by atoms with Crippen LogP contribution in [0.25, 0.3) is 0 Å². The zero-order valence-electron chi connectivity index (χ0n) is 26.6. The van der Waals surface area contributed by atoms with E-state index in [2.05, 4.69) is 37.0 Å². The van der Waals surface area contributed by atoms with E-state index in [0.717, 1.165) is 66.9 Å². The van der Waals surface area contributed by atoms with Gasteiger partial charge in [-0.25, -0.2) is 0 Å². The van der Waals surface area contributed by atoms with Crippen molar-refractivity contribution in [1.29, 1.82) is 0 Å². The van der Waals surface area contributed by atoms with Gasteiger partial charge in [-0.3, -0.25) is 9.69 Å². The summed E-state index contributed by atoms with van der Waals surface area (Å²) in [4.78, 5) is 18.6. The second-order valence-corrected chi connectivity index (χ2v) is 17.0. The van der Waals surface area contributed by atoms with Gasteiger partial charge in [0.05, 0.1) is 35.4 Å². The summed E-state index contributed by atoms with van der Waals surface area (Å²) in [6.45, 7) is 8.47. The Kier molecular flexibility index (Phi) is 7.68. The molecule has 44 heavy (non-hydrogen) atoms. The fourth-order valence-electron chi connectivity index (χ4n) is 11.3. The Balaban J connectivity index is 1.29. The lowest BCUT2D eigenvalue weighted by molar-refractivity contribution is -0.177. The van der Waals surface area contributed by atoms with Crippen molar-refractivity contribution in [2.75, 3.05) is 32.8 Å². The smallest absolute Gasteiger partial charge is 0.199 e. The molecule has 2 bridgehead atoms. The van der Waals surface area contributed by atoms with Crippen molar-refractivity contribution in [3.63, 3.8) is 0 Å². The Bertz CT molecular complexity index is 1350. The SMILES string of the molecule is Cc1ccc(C(=O)C2=CC34C=CC25C(CCC2(C)C5CCC2(O)CN(CC(O)CO)CC2CCCO2)C3(C)CCC(O)C4)s1. The van der Waals surface area contributed by atoms with Crippen LogP contribution in [0.5, 0.6) is 0 Å². The summed E-state index contributed by atoms with van der Waals surface area (Å²) in [5, 5.41) is 43.9. The van der Waals surface area contributed by atoms with Crippen LogP contribution in [-0.2, 0) is 4.74 Å². The van der Waals surface area contributed by atoms with Gasteiger partial charge >= 0.3 is 0 Å². The van der Waals surface area contributed by atoms with Crippen LogP contribution in [0.2, 0.25) is 0 Å². The molecule has 7 aliphatic rings. The molecule has 1 aromatic heterocycles. The number of aryl methyl sites for hydroxylation is 1. The first-order valence-electron chi connectivity index (χ1n) is 17.0. The van der Waals surface area contributed by atoms with Crippen molar-refractivity contribution in [1.82, 2.24) is 4.90 Å². The van der Waals surface area contributed by atoms with Gasteiger partial charge in [0.1, 0.15) is 0 Å². The van der Waals surface area contributed by atoms with Gasteiger partial charge in [0.25, 0.3) is 0 Å². The molecule has 0 amide bonds. The van der Waals surface area contributed by atoms with Crippen molar-refractivity contribution >= 4 is 17.1 Å². The van der Waals surface area contributed by atoms with E-state index in [1.165, 1.54) is 0 Å². The van der Waals surface area contributed by atoms with E-state index >= 15 is 0 Å². The number of hydrogen-bond acceptors (Lipinski definition) is 8. The third kappa shape index (κ3) is 4.38. The Morgan fingerprint density at radius 2 is 1.84 bits per heavy atom. The minimum absolute atomic E-state index is 0.0603. The summed E-state index contributed by atoms with van der Waals surface area (Å²) in [6.07, 6.45) is 13.4. The first-order chi connectivity index (χ1) is 20.9. The van der Waals surface area contributed by atoms with Gasteiger partial charge in [-0.1, -0.05) is 32.1 Å². The van der Waals surface area contributed by atoms with Gasteiger partial charge in [-0.15, -0.1) is 11.3 Å². The number of nitrogens with zero attached hydrogens (tertiary/aromatic N) is 1. The lowest BCUT2D eigenvalue weighted by atomic mass is 9.32. The van der Waals surface area contributed by atoms with Gasteiger partial charge in [0.2, 0.25) is 0 Å². The van der Waals surface area contributed by atoms with E-state index in [4.69, 9.17) is 4.74 Å². The number of thiophene rings is 1. The zero-order valence-corrected chi connectivity index (χ0v) is 27.5. The highest BCUT2D eigenvalue weighted by Gasteiger charge is 2.74. The predicted octanol–water partition coefficient (Wildman–Crippen LogP) is 4.66. The molecule has 8 rings (SSSR count). The molecule has 10 atom stereocenters. The minimum atomic E-state index is -1.01. The summed E-state index contributed by atoms with van der Waals surface area (Å²) in [6, 6.07) is 4.00. The Hall–Kier alpha value is -1.39. The van der Waals surface area contributed by atoms with Crippen LogP contribution in [-0.4, -0.2) is 87.9 Å². The first-order valence-corrected chi connectivity index (χ1v) is 17.8. The van der Waals surface area contributed by atoms with Crippen LogP contribution in [0.3, 0.4) is 0 Å². The van der Waals surface area contributed by atoms with E-state index in [9.17, 15) is 25.2 Å². The van der Waals surface area contributed by atoms with E-state index < -0.39 is 22.5 Å². The van der Waals surface area contributed by atoms with Gasteiger partial charge in [0.15, 0.2) is 5.78 Å². The summed E-state index contributed by atoms with van der Waals surface area (Å²) in [7, 11) is 0. The monoisotopic (exact) mass is 625 g/mol. The van der Waals surface area contributed by atoms with Crippen LogP contribution in [0.1, 0.15) is 86.2 Å². The van der Waals surface area contributed by atoms with Crippen molar-refractivity contribution < 1.29 is 30.0 Å². The molecular weight excluding hydrogens is 574 g/mol. The van der Waals surface area contributed by atoms with Crippen LogP contribution >= 0.6 is 11.3 Å². The Morgan fingerprint density at radius 1 is 1.09 bits per heavy atom. The van der Waals surface area contributed by atoms with E-state index in [1.807, 2.05) is 19.1 Å². The van der Waals surface area contributed by atoms with Crippen LogP contribution in [0.15, 0.2) is 35.9 Å². The fraction of sp³-hybridized carbons (Fsp3) is 0.750. The number of aliphatic hydroxyl groups excluding tert-OH is 3. The molecule has 3 saturated carbocycles. The van der Waals surface area contributed by atoms with Gasteiger partial charge in [-0.2, -0.15) is 0 Å². The van der Waals surface area contributed by atoms with Gasteiger partial charge in [-0.05, 0) is 94.1 Å². The number of aliphatic hydroxyl groups is 4. The maximum atomic E-state index is 14.6. The lowest BCUT2D eigenvalue weighted by Crippen LogP contribution is -2.67. The minimum Gasteiger partial charge on any atom is -0.394 e. The highest BCUT2D eigenvalue weighted by Crippen LogP contribution is 2.78. The average molecular weight is 626 g/mol. The van der Waals surface area contributed by atoms with Gasteiger partial charge < -0.3 is 25.2 Å². The predicted molar refractivity (Wildman–Crippen MR) is 170 cm³/mol. The maximum absolute atomic E-state index is 14.6. The standard InChI is InChI=1S/C36H51NO6S/c1-23-6-7-28(44-23)31(41)27-18-34-14-15-36(27)29(32(34,2)11-8-24(39)17-34)9-12-33(3)30(36)10-13-35(33,42)22-37(19-25(40)21-38)20-26-5-4-16-43-26/h6-7,14-15,18,24-26,29-30,38-40,42H,4-5,8-13,16-17,19-22H2,1-3H3. The molecular formula is C36H51NO6S. The molecule has 2 heterocycles. The van der Waals surface area contributed by atoms with Crippen molar-refractivity contribution in [2.24, 2.45) is 33.5 Å². The lowest BCUT2D eigenvalue weighted by Gasteiger charge is -2.71. The quantitative estimate of drug-likeness (QED) is 0.233. The number of hydrogen-bond donors (Lipinski definition) is 4. The molecule has 0 aromatic carbocycles. The summed E-state index contributed by atoms with van der Waals surface area (Å²) < 4.78 is 5.95. The molecule has 4 fully saturated rings. The third-order valence-corrected chi connectivity index (χ3v) is 14.6. The molecule has 1 aliphatic heterocycles. The number of rotatable bonds is 9. The average Bonchev–Trinajstić information content (AvgIpc) is 3.72. The number of Topliss-reactive ketones (excluding diaryl/α,β-unsaturated/α-hetero) is 1. The molecule has 1 aromatic rings. The Labute approximate surface area is 266 Å². The highest BCUT2D eigenvalue weighted by atomic mass is 32.1. The number of fused-ring (bicyclic) bond motifs is 1. The molecule has 2 spiro atoms. The molecule has 4 N–H and O–H groups in total. The molecule has 6 aliphatic carbocycles. The number of ketones is 1. The van der Waals surface area contributed by atoms with E-state index in [0.29, 0.717) is 25.9 Å².